The zero-order chi connectivity index (χ0) is 10.4. The van der Waals surface area contributed by atoms with Crippen molar-refractivity contribution in [3.63, 3.8) is 0 Å². The van der Waals surface area contributed by atoms with E-state index in [0.717, 1.165) is 36.9 Å². The van der Waals surface area contributed by atoms with Gasteiger partial charge in [0.2, 0.25) is 0 Å². The van der Waals surface area contributed by atoms with Crippen LogP contribution in [0.5, 0.6) is 0 Å². The van der Waals surface area contributed by atoms with Crippen LogP contribution in [0.2, 0.25) is 0 Å². The Morgan fingerprint density at radius 3 is 2.93 bits per heavy atom. The Bertz CT molecular complexity index is 437. The van der Waals surface area contributed by atoms with Crippen LogP contribution in [0.3, 0.4) is 0 Å². The van der Waals surface area contributed by atoms with Gasteiger partial charge in [0, 0.05) is 0 Å². The number of aliphatic hydroxyl groups excluding tert-OH is 1. The second kappa shape index (κ2) is 3.17. The molecule has 0 saturated heterocycles. The van der Waals surface area contributed by atoms with Crippen molar-refractivity contribution in [2.24, 2.45) is 4.99 Å². The van der Waals surface area contributed by atoms with Gasteiger partial charge in [-0.15, -0.1) is 0 Å². The van der Waals surface area contributed by atoms with E-state index < -0.39 is 0 Å². The summed E-state index contributed by atoms with van der Waals surface area (Å²) in [4.78, 5) is 4.19. The molecule has 0 radical (unpaired) electrons. The summed E-state index contributed by atoms with van der Waals surface area (Å²) in [5.74, 6) is 0. The maximum absolute atomic E-state index is 9.87. The van der Waals surface area contributed by atoms with E-state index in [1.807, 2.05) is 0 Å². The predicted molar refractivity (Wildman–Crippen MR) is 61.0 cm³/mol. The molecular formula is C13H15NO. The van der Waals surface area contributed by atoms with Crippen molar-refractivity contribution in [2.75, 3.05) is 0 Å². The molecule has 0 aliphatic heterocycles. The summed E-state index contributed by atoms with van der Waals surface area (Å²) in [6.45, 7) is 3.68. The van der Waals surface area contributed by atoms with Gasteiger partial charge in [0.1, 0.15) is 0 Å². The fourth-order valence-corrected chi connectivity index (χ4v) is 2.98. The van der Waals surface area contributed by atoms with Crippen LogP contribution in [0, 0.1) is 0 Å². The van der Waals surface area contributed by atoms with E-state index >= 15 is 0 Å². The van der Waals surface area contributed by atoms with E-state index in [9.17, 15) is 5.11 Å². The number of aliphatic hydroxyl groups is 1. The van der Waals surface area contributed by atoms with E-state index in [2.05, 4.69) is 17.8 Å². The molecule has 0 aromatic heterocycles. The van der Waals surface area contributed by atoms with Gasteiger partial charge < -0.3 is 5.11 Å². The Balaban J connectivity index is 2.28. The zero-order valence-corrected chi connectivity index (χ0v) is 8.79. The zero-order valence-electron chi connectivity index (χ0n) is 8.79. The third kappa shape index (κ3) is 1.18. The molecule has 1 aromatic rings. The molecule has 1 atom stereocenters. The number of rotatable bonds is 1. The minimum absolute atomic E-state index is 0.272. The highest BCUT2D eigenvalue weighted by Crippen LogP contribution is 2.43. The summed E-state index contributed by atoms with van der Waals surface area (Å²) in [7, 11) is 0. The van der Waals surface area contributed by atoms with Gasteiger partial charge in [-0.05, 0) is 61.1 Å². The molecule has 2 aliphatic carbocycles. The van der Waals surface area contributed by atoms with Gasteiger partial charge in [0.05, 0.1) is 11.8 Å². The largest absolute Gasteiger partial charge is 0.388 e. The van der Waals surface area contributed by atoms with Crippen LogP contribution < -0.4 is 0 Å². The average Bonchev–Trinajstić information content (AvgIpc) is 2.83. The number of aryl methyl sites for hydroxylation is 1. The number of benzene rings is 1. The summed E-state index contributed by atoms with van der Waals surface area (Å²) in [5.41, 5.74) is 6.21. The van der Waals surface area contributed by atoms with Gasteiger partial charge in [-0.3, -0.25) is 4.99 Å². The normalized spacial score (nSPS) is 22.6. The highest BCUT2D eigenvalue weighted by Gasteiger charge is 2.27. The first-order valence-corrected chi connectivity index (χ1v) is 5.63. The van der Waals surface area contributed by atoms with Gasteiger partial charge in [0.15, 0.2) is 0 Å². The fourth-order valence-electron chi connectivity index (χ4n) is 2.98. The van der Waals surface area contributed by atoms with E-state index in [4.69, 9.17) is 0 Å². The lowest BCUT2D eigenvalue weighted by Crippen LogP contribution is -1.94. The minimum Gasteiger partial charge on any atom is -0.388 e. The lowest BCUT2D eigenvalue weighted by molar-refractivity contribution is 0.180. The van der Waals surface area contributed by atoms with Gasteiger partial charge in [-0.1, -0.05) is 6.07 Å². The van der Waals surface area contributed by atoms with E-state index in [1.165, 1.54) is 23.1 Å². The van der Waals surface area contributed by atoms with Crippen LogP contribution in [0.25, 0.3) is 0 Å². The molecule has 0 spiro atoms. The van der Waals surface area contributed by atoms with Gasteiger partial charge in [0.25, 0.3) is 0 Å². The van der Waals surface area contributed by atoms with Gasteiger partial charge >= 0.3 is 0 Å². The molecule has 0 saturated carbocycles. The third-order valence-electron chi connectivity index (χ3n) is 3.70. The van der Waals surface area contributed by atoms with Crippen molar-refractivity contribution in [3.8, 4) is 0 Å². The first-order valence-electron chi connectivity index (χ1n) is 5.63. The summed E-state index contributed by atoms with van der Waals surface area (Å²) in [6.07, 6.45) is 5.02. The molecule has 2 heteroatoms. The van der Waals surface area contributed by atoms with Crippen LogP contribution >= 0.6 is 0 Å². The maximum Gasteiger partial charge on any atom is 0.0796 e. The summed E-state index contributed by atoms with van der Waals surface area (Å²) >= 11 is 0. The number of fused-ring (bicyclic) bond motifs is 2. The van der Waals surface area contributed by atoms with E-state index in [-0.39, 0.29) is 6.10 Å². The highest BCUT2D eigenvalue weighted by atomic mass is 16.3. The maximum atomic E-state index is 9.87. The Labute approximate surface area is 89.7 Å². The highest BCUT2D eigenvalue weighted by molar-refractivity contribution is 5.65. The number of hydrogen-bond acceptors (Lipinski definition) is 2. The Morgan fingerprint density at radius 2 is 2.13 bits per heavy atom. The quantitative estimate of drug-likeness (QED) is 0.696. The fraction of sp³-hybridized carbons (Fsp3) is 0.462. The third-order valence-corrected chi connectivity index (χ3v) is 3.70. The molecular weight excluding hydrogens is 186 g/mol. The van der Waals surface area contributed by atoms with Crippen molar-refractivity contribution >= 4 is 12.4 Å². The van der Waals surface area contributed by atoms with Crippen molar-refractivity contribution in [3.05, 3.63) is 28.3 Å². The molecule has 78 valence electrons. The molecule has 1 N–H and O–H groups in total. The summed E-state index contributed by atoms with van der Waals surface area (Å²) in [6, 6.07) is 2.20. The lowest BCUT2D eigenvalue weighted by atomic mass is 9.98. The van der Waals surface area contributed by atoms with E-state index in [1.54, 1.807) is 0 Å². The van der Waals surface area contributed by atoms with Crippen LogP contribution in [0.15, 0.2) is 11.1 Å². The molecule has 15 heavy (non-hydrogen) atoms. The first-order chi connectivity index (χ1) is 7.31. The molecule has 3 rings (SSSR count). The van der Waals surface area contributed by atoms with Gasteiger partial charge in [-0.25, -0.2) is 0 Å². The second-order valence-corrected chi connectivity index (χ2v) is 4.50. The average molecular weight is 201 g/mol. The number of nitrogens with zero attached hydrogens (tertiary/aromatic N) is 1. The standard InChI is InChI=1S/C13H15NO/c1-14-13-9-4-2-3-8(9)7-11-10(13)5-6-12(11)15/h7,12,15H,1-6H2. The van der Waals surface area contributed by atoms with Crippen LogP contribution in [0.1, 0.15) is 41.2 Å². The molecule has 1 aromatic carbocycles. The predicted octanol–water partition coefficient (Wildman–Crippen LogP) is 2.49. The van der Waals surface area contributed by atoms with Crippen molar-refractivity contribution in [1.82, 2.24) is 0 Å². The van der Waals surface area contributed by atoms with Crippen LogP contribution in [0.4, 0.5) is 5.69 Å². The molecule has 1 unspecified atom stereocenters. The molecule has 0 amide bonds. The monoisotopic (exact) mass is 201 g/mol. The Morgan fingerprint density at radius 1 is 1.27 bits per heavy atom. The molecule has 0 fully saturated rings. The smallest absolute Gasteiger partial charge is 0.0796 e. The summed E-state index contributed by atoms with van der Waals surface area (Å²) in [5, 5.41) is 9.87. The minimum atomic E-state index is -0.272. The van der Waals surface area contributed by atoms with Crippen molar-refractivity contribution in [2.45, 2.75) is 38.2 Å². The topological polar surface area (TPSA) is 32.6 Å². The van der Waals surface area contributed by atoms with Crippen LogP contribution in [-0.2, 0) is 19.3 Å². The van der Waals surface area contributed by atoms with E-state index in [0.29, 0.717) is 0 Å². The second-order valence-electron chi connectivity index (χ2n) is 4.50. The molecule has 0 bridgehead atoms. The molecule has 0 heterocycles. The molecule has 2 nitrogen and oxygen atoms in total. The molecule has 2 aliphatic rings. The summed E-state index contributed by atoms with van der Waals surface area (Å²) < 4.78 is 0. The van der Waals surface area contributed by atoms with Crippen molar-refractivity contribution in [1.29, 1.82) is 0 Å². The number of hydrogen-bond donors (Lipinski definition) is 1. The Hall–Kier alpha value is -1.15. The van der Waals surface area contributed by atoms with Gasteiger partial charge in [-0.2, -0.15) is 0 Å². The Kier molecular flexibility index (Phi) is 1.93. The number of aliphatic imine (C=N–C) groups is 1. The van der Waals surface area contributed by atoms with Crippen LogP contribution in [-0.4, -0.2) is 11.8 Å². The SMILES string of the molecule is C=Nc1c2c(cc3c1CCC3O)CCC2. The van der Waals surface area contributed by atoms with Crippen molar-refractivity contribution < 1.29 is 5.11 Å². The lowest BCUT2D eigenvalue weighted by Gasteiger charge is -2.11. The first kappa shape index (κ1) is 9.10.